The van der Waals surface area contributed by atoms with Gasteiger partial charge in [0.25, 0.3) is 0 Å². The van der Waals surface area contributed by atoms with E-state index in [9.17, 15) is 0 Å². The molecular formula is C19H29N. The lowest BCUT2D eigenvalue weighted by Crippen LogP contribution is -2.25. The highest BCUT2D eigenvalue weighted by Crippen LogP contribution is 2.36. The van der Waals surface area contributed by atoms with Crippen LogP contribution in [0.25, 0.3) is 0 Å². The Morgan fingerprint density at radius 1 is 1.05 bits per heavy atom. The van der Waals surface area contributed by atoms with Gasteiger partial charge in [0.1, 0.15) is 0 Å². The third-order valence-corrected chi connectivity index (χ3v) is 5.29. The van der Waals surface area contributed by atoms with E-state index in [4.69, 9.17) is 5.73 Å². The predicted octanol–water partition coefficient (Wildman–Crippen LogP) is 3.83. The molecule has 0 spiro atoms. The van der Waals surface area contributed by atoms with Crippen molar-refractivity contribution in [2.45, 2.75) is 71.8 Å². The van der Waals surface area contributed by atoms with Gasteiger partial charge in [0.15, 0.2) is 0 Å². The fourth-order valence-electron chi connectivity index (χ4n) is 4.25. The average molecular weight is 271 g/mol. The normalized spacial score (nSPS) is 26.8. The lowest BCUT2D eigenvalue weighted by atomic mass is 9.74. The Morgan fingerprint density at radius 2 is 1.55 bits per heavy atom. The number of rotatable bonds is 2. The van der Waals surface area contributed by atoms with E-state index in [2.05, 4.69) is 26.8 Å². The second-order valence-electron chi connectivity index (χ2n) is 7.51. The minimum absolute atomic E-state index is 0.282. The van der Waals surface area contributed by atoms with E-state index in [0.29, 0.717) is 0 Å². The largest absolute Gasteiger partial charge is 0.328 e. The van der Waals surface area contributed by atoms with Crippen molar-refractivity contribution in [1.82, 2.24) is 0 Å². The molecule has 2 N–H and O–H groups in total. The van der Waals surface area contributed by atoms with Crippen LogP contribution in [0.3, 0.4) is 0 Å². The maximum absolute atomic E-state index is 6.15. The standard InChI is InChI=1S/C19H29N/c1-12-4-6-17-15(8-12)11-16-9-13(2)5-7-18(16)19(17)10-14(3)20/h11-14H,4-10,20H2,1-3H3. The zero-order valence-corrected chi connectivity index (χ0v) is 13.3. The van der Waals surface area contributed by atoms with Gasteiger partial charge in [-0.3, -0.25) is 0 Å². The van der Waals surface area contributed by atoms with Crippen molar-refractivity contribution in [1.29, 1.82) is 0 Å². The summed E-state index contributed by atoms with van der Waals surface area (Å²) in [6.45, 7) is 6.95. The first-order valence-electron chi connectivity index (χ1n) is 8.45. The monoisotopic (exact) mass is 271 g/mol. The highest BCUT2D eigenvalue weighted by molar-refractivity contribution is 5.49. The van der Waals surface area contributed by atoms with E-state index < -0.39 is 0 Å². The molecular weight excluding hydrogens is 242 g/mol. The molecule has 1 aromatic carbocycles. The molecule has 0 saturated carbocycles. The molecule has 0 saturated heterocycles. The van der Waals surface area contributed by atoms with Gasteiger partial charge in [0.2, 0.25) is 0 Å². The van der Waals surface area contributed by atoms with Crippen molar-refractivity contribution in [3.8, 4) is 0 Å². The third kappa shape index (κ3) is 2.65. The minimum Gasteiger partial charge on any atom is -0.328 e. The van der Waals surface area contributed by atoms with Gasteiger partial charge in [-0.25, -0.2) is 0 Å². The maximum atomic E-state index is 6.15. The first-order valence-corrected chi connectivity index (χ1v) is 8.45. The van der Waals surface area contributed by atoms with Crippen molar-refractivity contribution in [2.75, 3.05) is 0 Å². The molecule has 110 valence electrons. The van der Waals surface area contributed by atoms with E-state index in [1.165, 1.54) is 38.5 Å². The Hall–Kier alpha value is -0.820. The molecule has 0 aliphatic heterocycles. The van der Waals surface area contributed by atoms with E-state index in [0.717, 1.165) is 18.3 Å². The van der Waals surface area contributed by atoms with E-state index in [-0.39, 0.29) is 6.04 Å². The number of benzene rings is 1. The number of hydrogen-bond donors (Lipinski definition) is 1. The summed E-state index contributed by atoms with van der Waals surface area (Å²) >= 11 is 0. The van der Waals surface area contributed by atoms with Gasteiger partial charge in [0, 0.05) is 6.04 Å². The second kappa shape index (κ2) is 5.52. The number of nitrogens with two attached hydrogens (primary N) is 1. The van der Waals surface area contributed by atoms with Crippen LogP contribution in [0.1, 0.15) is 61.4 Å². The quantitative estimate of drug-likeness (QED) is 0.869. The van der Waals surface area contributed by atoms with Crippen LogP contribution >= 0.6 is 0 Å². The first-order chi connectivity index (χ1) is 9.54. The molecule has 2 aliphatic carbocycles. The number of hydrogen-bond acceptors (Lipinski definition) is 1. The van der Waals surface area contributed by atoms with Crippen molar-refractivity contribution in [3.05, 3.63) is 33.9 Å². The summed E-state index contributed by atoms with van der Waals surface area (Å²) < 4.78 is 0. The van der Waals surface area contributed by atoms with E-state index in [1.807, 2.05) is 0 Å². The van der Waals surface area contributed by atoms with Gasteiger partial charge in [-0.1, -0.05) is 19.9 Å². The second-order valence-corrected chi connectivity index (χ2v) is 7.51. The van der Waals surface area contributed by atoms with Crippen LogP contribution in [0.15, 0.2) is 6.07 Å². The first kappa shape index (κ1) is 14.1. The number of fused-ring (bicyclic) bond motifs is 2. The fourth-order valence-corrected chi connectivity index (χ4v) is 4.25. The molecule has 0 heterocycles. The Labute approximate surface area is 124 Å². The third-order valence-electron chi connectivity index (χ3n) is 5.29. The summed E-state index contributed by atoms with van der Waals surface area (Å²) in [5.74, 6) is 1.70. The Bertz CT molecular complexity index is 463. The van der Waals surface area contributed by atoms with Gasteiger partial charge in [-0.05, 0) is 91.5 Å². The Balaban J connectivity index is 2.09. The fraction of sp³-hybridized carbons (Fsp3) is 0.684. The lowest BCUT2D eigenvalue weighted by Gasteiger charge is -2.32. The van der Waals surface area contributed by atoms with Crippen molar-refractivity contribution in [3.63, 3.8) is 0 Å². The molecule has 0 bridgehead atoms. The zero-order valence-electron chi connectivity index (χ0n) is 13.3. The molecule has 3 unspecified atom stereocenters. The lowest BCUT2D eigenvalue weighted by molar-refractivity contribution is 0.479. The topological polar surface area (TPSA) is 26.0 Å². The molecule has 0 amide bonds. The Morgan fingerprint density at radius 3 is 2.00 bits per heavy atom. The van der Waals surface area contributed by atoms with E-state index >= 15 is 0 Å². The van der Waals surface area contributed by atoms with Gasteiger partial charge >= 0.3 is 0 Å². The molecule has 3 atom stereocenters. The van der Waals surface area contributed by atoms with Gasteiger partial charge in [0.05, 0.1) is 0 Å². The molecule has 1 heteroatoms. The molecule has 0 radical (unpaired) electrons. The SMILES string of the molecule is CC(N)Cc1c2c(cc3c1CCC(C)C3)CC(C)CC2. The van der Waals surface area contributed by atoms with Gasteiger partial charge < -0.3 is 5.73 Å². The summed E-state index contributed by atoms with van der Waals surface area (Å²) in [7, 11) is 0. The van der Waals surface area contributed by atoms with Crippen molar-refractivity contribution >= 4 is 0 Å². The highest BCUT2D eigenvalue weighted by atomic mass is 14.6. The van der Waals surface area contributed by atoms with Crippen LogP contribution in [-0.4, -0.2) is 6.04 Å². The smallest absolute Gasteiger partial charge is 0.00511 e. The average Bonchev–Trinajstić information content (AvgIpc) is 2.37. The summed E-state index contributed by atoms with van der Waals surface area (Å²) in [6.07, 6.45) is 8.91. The molecule has 0 aromatic heterocycles. The maximum Gasteiger partial charge on any atom is 0.00511 e. The van der Waals surface area contributed by atoms with Gasteiger partial charge in [-0.2, -0.15) is 0 Å². The highest BCUT2D eigenvalue weighted by Gasteiger charge is 2.25. The van der Waals surface area contributed by atoms with Crippen LogP contribution in [0, 0.1) is 11.8 Å². The summed E-state index contributed by atoms with van der Waals surface area (Å²) in [6, 6.07) is 2.84. The molecule has 1 aromatic rings. The summed E-state index contributed by atoms with van der Waals surface area (Å²) in [4.78, 5) is 0. The zero-order chi connectivity index (χ0) is 14.3. The van der Waals surface area contributed by atoms with Crippen LogP contribution in [0.2, 0.25) is 0 Å². The van der Waals surface area contributed by atoms with Crippen LogP contribution < -0.4 is 5.73 Å². The Kier molecular flexibility index (Phi) is 3.90. The van der Waals surface area contributed by atoms with Crippen LogP contribution in [-0.2, 0) is 32.1 Å². The van der Waals surface area contributed by atoms with Crippen molar-refractivity contribution in [2.24, 2.45) is 17.6 Å². The molecule has 3 rings (SSSR count). The van der Waals surface area contributed by atoms with Gasteiger partial charge in [-0.15, -0.1) is 0 Å². The predicted molar refractivity (Wildman–Crippen MR) is 86.2 cm³/mol. The molecule has 1 nitrogen and oxygen atoms in total. The van der Waals surface area contributed by atoms with Crippen molar-refractivity contribution < 1.29 is 0 Å². The molecule has 0 fully saturated rings. The van der Waals surface area contributed by atoms with E-state index in [1.54, 1.807) is 27.8 Å². The summed E-state index contributed by atoms with van der Waals surface area (Å²) in [5, 5.41) is 0. The molecule has 20 heavy (non-hydrogen) atoms. The summed E-state index contributed by atoms with van der Waals surface area (Å²) in [5.41, 5.74) is 14.4. The van der Waals surface area contributed by atoms with Crippen LogP contribution in [0.5, 0.6) is 0 Å². The molecule has 2 aliphatic rings. The minimum atomic E-state index is 0.282. The van der Waals surface area contributed by atoms with Crippen LogP contribution in [0.4, 0.5) is 0 Å².